The van der Waals surface area contributed by atoms with Gasteiger partial charge in [0.1, 0.15) is 5.75 Å². The summed E-state index contributed by atoms with van der Waals surface area (Å²) in [4.78, 5) is 27.3. The number of methoxy groups -OCH3 is 1. The van der Waals surface area contributed by atoms with E-state index in [0.29, 0.717) is 0 Å². The molecule has 1 amide bonds. The second kappa shape index (κ2) is 8.36. The molecule has 4 rings (SSSR count). The quantitative estimate of drug-likeness (QED) is 0.705. The van der Waals surface area contributed by atoms with E-state index in [0.717, 1.165) is 54.9 Å². The van der Waals surface area contributed by atoms with Crippen molar-refractivity contribution in [2.45, 2.75) is 19.4 Å². The number of carbonyl (C=O) groups excluding carboxylic acids is 1. The van der Waals surface area contributed by atoms with Gasteiger partial charge in [0.05, 0.1) is 18.1 Å². The molecule has 0 aliphatic carbocycles. The smallest absolute Gasteiger partial charge is 0.328 e. The summed E-state index contributed by atoms with van der Waals surface area (Å²) in [5.74, 6) is 0.924. The average molecular weight is 409 g/mol. The number of nitrogens with zero attached hydrogens (tertiary/aromatic N) is 3. The number of carbonyl (C=O) groups is 1. The predicted molar refractivity (Wildman–Crippen MR) is 118 cm³/mol. The van der Waals surface area contributed by atoms with Crippen LogP contribution in [-0.4, -0.2) is 40.1 Å². The molecule has 2 aromatic carbocycles. The molecule has 1 aliphatic rings. The lowest BCUT2D eigenvalue weighted by atomic mass is 9.95. The van der Waals surface area contributed by atoms with E-state index in [-0.39, 0.29) is 17.5 Å². The summed E-state index contributed by atoms with van der Waals surface area (Å²) in [5, 5.41) is 3.04. The standard InChI is InChI=1S/C23H28N4O3/c1-25-20-8-7-18(14-21(20)26(2)23(25)29)24-22(28)17-9-11-27(12-10-17)15-16-5-4-6-19(13-16)30-3/h4-8,13-14,17H,9-12,15H2,1-3H3,(H,24,28). The molecule has 0 unspecified atom stereocenters. The molecule has 1 aliphatic heterocycles. The minimum atomic E-state index is -0.0723. The largest absolute Gasteiger partial charge is 0.497 e. The molecule has 1 fully saturated rings. The van der Waals surface area contributed by atoms with Gasteiger partial charge in [0, 0.05) is 32.2 Å². The molecule has 1 N–H and O–H groups in total. The highest BCUT2D eigenvalue weighted by Gasteiger charge is 2.25. The third-order valence-corrected chi connectivity index (χ3v) is 6.04. The Morgan fingerprint density at radius 1 is 1.07 bits per heavy atom. The number of likely N-dealkylation sites (tertiary alicyclic amines) is 1. The first kappa shape index (κ1) is 20.2. The summed E-state index contributed by atoms with van der Waals surface area (Å²) in [7, 11) is 5.18. The van der Waals surface area contributed by atoms with Gasteiger partial charge in [0.25, 0.3) is 0 Å². The van der Waals surface area contributed by atoms with E-state index in [2.05, 4.69) is 22.3 Å². The van der Waals surface area contributed by atoms with Gasteiger partial charge >= 0.3 is 5.69 Å². The third-order valence-electron chi connectivity index (χ3n) is 6.04. The molecule has 0 atom stereocenters. The minimum absolute atomic E-state index is 0.00171. The van der Waals surface area contributed by atoms with Crippen LogP contribution in [-0.2, 0) is 25.4 Å². The molecule has 1 aromatic heterocycles. The number of benzene rings is 2. The number of amides is 1. The Hall–Kier alpha value is -3.06. The van der Waals surface area contributed by atoms with Gasteiger partial charge in [-0.1, -0.05) is 12.1 Å². The molecule has 2 heterocycles. The topological polar surface area (TPSA) is 68.5 Å². The van der Waals surface area contributed by atoms with Gasteiger partial charge < -0.3 is 10.1 Å². The lowest BCUT2D eigenvalue weighted by Crippen LogP contribution is -2.37. The first-order valence-electron chi connectivity index (χ1n) is 10.3. The molecule has 7 heteroatoms. The van der Waals surface area contributed by atoms with Crippen LogP contribution >= 0.6 is 0 Å². The van der Waals surface area contributed by atoms with Crippen LogP contribution in [0.15, 0.2) is 47.3 Å². The zero-order chi connectivity index (χ0) is 21.3. The molecular formula is C23H28N4O3. The van der Waals surface area contributed by atoms with Crippen LogP contribution in [0, 0.1) is 5.92 Å². The fraction of sp³-hybridized carbons (Fsp3) is 0.391. The summed E-state index contributed by atoms with van der Waals surface area (Å²) >= 11 is 0. The van der Waals surface area contributed by atoms with Crippen molar-refractivity contribution < 1.29 is 9.53 Å². The Morgan fingerprint density at radius 3 is 2.53 bits per heavy atom. The number of hydrogen-bond acceptors (Lipinski definition) is 4. The number of ether oxygens (including phenoxy) is 1. The Kier molecular flexibility index (Phi) is 5.63. The second-order valence-electron chi connectivity index (χ2n) is 8.00. The number of aryl methyl sites for hydroxylation is 2. The molecule has 158 valence electrons. The van der Waals surface area contributed by atoms with Crippen molar-refractivity contribution in [3.8, 4) is 5.75 Å². The van der Waals surface area contributed by atoms with Gasteiger partial charge in [-0.2, -0.15) is 0 Å². The van der Waals surface area contributed by atoms with Crippen molar-refractivity contribution in [1.29, 1.82) is 0 Å². The van der Waals surface area contributed by atoms with Crippen molar-refractivity contribution in [2.75, 3.05) is 25.5 Å². The van der Waals surface area contributed by atoms with E-state index in [1.807, 2.05) is 30.3 Å². The fourth-order valence-corrected chi connectivity index (χ4v) is 4.21. The molecule has 3 aromatic rings. The molecule has 30 heavy (non-hydrogen) atoms. The van der Waals surface area contributed by atoms with Gasteiger partial charge in [-0.05, 0) is 61.8 Å². The maximum atomic E-state index is 12.8. The van der Waals surface area contributed by atoms with Crippen LogP contribution in [0.25, 0.3) is 11.0 Å². The number of aromatic nitrogens is 2. The van der Waals surface area contributed by atoms with E-state index in [1.165, 1.54) is 5.56 Å². The lowest BCUT2D eigenvalue weighted by molar-refractivity contribution is -0.121. The average Bonchev–Trinajstić information content (AvgIpc) is 2.98. The van der Waals surface area contributed by atoms with E-state index < -0.39 is 0 Å². The summed E-state index contributed by atoms with van der Waals surface area (Å²) in [6.45, 7) is 2.65. The van der Waals surface area contributed by atoms with Gasteiger partial charge in [0.2, 0.25) is 5.91 Å². The monoisotopic (exact) mass is 408 g/mol. The van der Waals surface area contributed by atoms with Crippen LogP contribution < -0.4 is 15.7 Å². The number of rotatable bonds is 5. The van der Waals surface area contributed by atoms with E-state index >= 15 is 0 Å². The Bertz CT molecular complexity index is 1120. The molecule has 1 saturated heterocycles. The van der Waals surface area contributed by atoms with Crippen molar-refractivity contribution in [3.63, 3.8) is 0 Å². The molecule has 0 spiro atoms. The number of hydrogen-bond donors (Lipinski definition) is 1. The number of imidazole rings is 1. The number of nitrogens with one attached hydrogen (secondary N) is 1. The van der Waals surface area contributed by atoms with E-state index in [9.17, 15) is 9.59 Å². The maximum absolute atomic E-state index is 12.8. The SMILES string of the molecule is COc1cccc(CN2CCC(C(=O)Nc3ccc4c(c3)n(C)c(=O)n4C)CC2)c1. The zero-order valence-electron chi connectivity index (χ0n) is 17.7. The molecule has 0 saturated carbocycles. The Balaban J connectivity index is 1.36. The van der Waals surface area contributed by atoms with Crippen LogP contribution in [0.4, 0.5) is 5.69 Å². The van der Waals surface area contributed by atoms with Crippen molar-refractivity contribution in [1.82, 2.24) is 14.0 Å². The first-order valence-corrected chi connectivity index (χ1v) is 10.3. The van der Waals surface area contributed by atoms with Crippen LogP contribution in [0.5, 0.6) is 5.75 Å². The van der Waals surface area contributed by atoms with Crippen LogP contribution in [0.2, 0.25) is 0 Å². The van der Waals surface area contributed by atoms with Gasteiger partial charge in [0.15, 0.2) is 0 Å². The summed E-state index contributed by atoms with van der Waals surface area (Å²) < 4.78 is 8.51. The predicted octanol–water partition coefficient (Wildman–Crippen LogP) is 2.74. The third kappa shape index (κ3) is 3.98. The summed E-state index contributed by atoms with van der Waals surface area (Å²) in [5.41, 5.74) is 3.54. The molecular weight excluding hydrogens is 380 g/mol. The maximum Gasteiger partial charge on any atom is 0.328 e. The van der Waals surface area contributed by atoms with Crippen LogP contribution in [0.3, 0.4) is 0 Å². The first-order chi connectivity index (χ1) is 14.5. The number of fused-ring (bicyclic) bond motifs is 1. The van der Waals surface area contributed by atoms with E-state index in [1.54, 1.807) is 30.3 Å². The zero-order valence-corrected chi connectivity index (χ0v) is 17.7. The molecule has 0 bridgehead atoms. The van der Waals surface area contributed by atoms with Crippen molar-refractivity contribution >= 4 is 22.6 Å². The minimum Gasteiger partial charge on any atom is -0.497 e. The van der Waals surface area contributed by atoms with Crippen LogP contribution in [0.1, 0.15) is 18.4 Å². The number of piperidine rings is 1. The van der Waals surface area contributed by atoms with Crippen molar-refractivity contribution in [2.24, 2.45) is 20.0 Å². The highest BCUT2D eigenvalue weighted by atomic mass is 16.5. The van der Waals surface area contributed by atoms with E-state index in [4.69, 9.17) is 4.74 Å². The molecule has 7 nitrogen and oxygen atoms in total. The summed E-state index contributed by atoms with van der Waals surface area (Å²) in [6.07, 6.45) is 1.67. The van der Waals surface area contributed by atoms with Crippen molar-refractivity contribution in [3.05, 3.63) is 58.5 Å². The molecule has 0 radical (unpaired) electrons. The highest BCUT2D eigenvalue weighted by Crippen LogP contribution is 2.23. The summed E-state index contributed by atoms with van der Waals surface area (Å²) in [6, 6.07) is 13.7. The Morgan fingerprint density at radius 2 is 1.80 bits per heavy atom. The van der Waals surface area contributed by atoms with Gasteiger partial charge in [-0.15, -0.1) is 0 Å². The Labute approximate surface area is 175 Å². The highest BCUT2D eigenvalue weighted by molar-refractivity contribution is 5.94. The van der Waals surface area contributed by atoms with Gasteiger partial charge in [-0.25, -0.2) is 4.79 Å². The fourth-order valence-electron chi connectivity index (χ4n) is 4.21. The number of anilines is 1. The normalized spacial score (nSPS) is 15.4. The lowest BCUT2D eigenvalue weighted by Gasteiger charge is -2.31. The second-order valence-corrected chi connectivity index (χ2v) is 8.00. The van der Waals surface area contributed by atoms with Gasteiger partial charge in [-0.3, -0.25) is 18.8 Å².